The lowest BCUT2D eigenvalue weighted by atomic mass is 10.2. The summed E-state index contributed by atoms with van der Waals surface area (Å²) in [5.41, 5.74) is -3.95. The van der Waals surface area contributed by atoms with Crippen molar-refractivity contribution >= 4 is 5.69 Å². The maximum atomic E-state index is 13.2. The number of H-pyrrole nitrogens is 1. The fourth-order valence-electron chi connectivity index (χ4n) is 1.54. The van der Waals surface area contributed by atoms with Crippen molar-refractivity contribution in [1.82, 2.24) is 9.55 Å². The molecule has 1 aromatic heterocycles. The molecule has 0 amide bonds. The van der Waals surface area contributed by atoms with Gasteiger partial charge in [0.2, 0.25) is 11.7 Å². The zero-order valence-electron chi connectivity index (χ0n) is 9.46. The van der Waals surface area contributed by atoms with E-state index < -0.39 is 45.1 Å². The van der Waals surface area contributed by atoms with E-state index in [0.29, 0.717) is 12.1 Å². The topological polar surface area (TPSA) is 118 Å². The monoisotopic (exact) mass is 285 g/mol. The fourth-order valence-corrected chi connectivity index (χ4v) is 1.54. The van der Waals surface area contributed by atoms with Gasteiger partial charge in [0.15, 0.2) is 0 Å². The minimum Gasteiger partial charge on any atom is -0.492 e. The van der Waals surface area contributed by atoms with Crippen LogP contribution in [-0.2, 0) is 0 Å². The van der Waals surface area contributed by atoms with Crippen LogP contribution in [-0.4, -0.2) is 19.6 Å². The Balaban J connectivity index is 2.82. The van der Waals surface area contributed by atoms with E-state index >= 15 is 0 Å². The number of nitrogens with one attached hydrogen (secondary N) is 1. The number of halogens is 2. The quantitative estimate of drug-likeness (QED) is 0.612. The summed E-state index contributed by atoms with van der Waals surface area (Å²) in [6.07, 6.45) is 0. The number of hydrogen-bond acceptors (Lipinski definition) is 5. The van der Waals surface area contributed by atoms with Crippen molar-refractivity contribution in [3.63, 3.8) is 0 Å². The number of nitro groups is 1. The van der Waals surface area contributed by atoms with Crippen molar-refractivity contribution in [3.05, 3.63) is 60.8 Å². The van der Waals surface area contributed by atoms with Crippen LogP contribution in [0, 0.1) is 21.7 Å². The molecule has 0 saturated heterocycles. The smallest absolute Gasteiger partial charge is 0.335 e. The molecular weight excluding hydrogens is 280 g/mol. The third-order valence-corrected chi connectivity index (χ3v) is 2.37. The minimum atomic E-state index is -1.67. The second kappa shape index (κ2) is 4.57. The van der Waals surface area contributed by atoms with Gasteiger partial charge in [-0.1, -0.05) is 0 Å². The van der Waals surface area contributed by atoms with Gasteiger partial charge in [-0.25, -0.2) is 13.8 Å². The molecule has 2 aromatic rings. The molecule has 0 unspecified atom stereocenters. The van der Waals surface area contributed by atoms with E-state index in [1.807, 2.05) is 0 Å². The number of aromatic hydroxyl groups is 1. The van der Waals surface area contributed by atoms with Gasteiger partial charge in [-0.15, -0.1) is 0 Å². The van der Waals surface area contributed by atoms with Crippen molar-refractivity contribution < 1.29 is 18.8 Å². The number of nitro benzene ring substituents is 1. The molecule has 10 heteroatoms. The Labute approximate surface area is 107 Å². The van der Waals surface area contributed by atoms with E-state index in [0.717, 1.165) is 6.07 Å². The number of non-ortho nitro benzene ring substituents is 1. The van der Waals surface area contributed by atoms with E-state index in [9.17, 15) is 33.6 Å². The van der Waals surface area contributed by atoms with Crippen molar-refractivity contribution in [2.45, 2.75) is 0 Å². The van der Waals surface area contributed by atoms with Gasteiger partial charge in [-0.2, -0.15) is 4.39 Å². The predicted molar refractivity (Wildman–Crippen MR) is 60.9 cm³/mol. The maximum Gasteiger partial charge on any atom is 0.335 e. The molecule has 1 heterocycles. The van der Waals surface area contributed by atoms with Gasteiger partial charge in [0.25, 0.3) is 11.2 Å². The largest absolute Gasteiger partial charge is 0.492 e. The van der Waals surface area contributed by atoms with Crippen LogP contribution < -0.4 is 11.2 Å². The Kier molecular flexibility index (Phi) is 3.06. The van der Waals surface area contributed by atoms with E-state index in [-0.39, 0.29) is 4.57 Å². The van der Waals surface area contributed by atoms with Crippen LogP contribution in [0.15, 0.2) is 27.8 Å². The molecule has 0 atom stereocenters. The first kappa shape index (κ1) is 13.4. The number of aromatic amines is 1. The standard InChI is InChI=1S/C10H5F2N3O5/c11-4-1-5(3-6(2-4)15(19)20)14-9(17)7(12)8(16)13-10(14)18/h1-3,17H,(H,13,16,18). The van der Waals surface area contributed by atoms with E-state index in [4.69, 9.17) is 0 Å². The molecule has 2 rings (SSSR count). The van der Waals surface area contributed by atoms with Crippen molar-refractivity contribution in [1.29, 1.82) is 0 Å². The van der Waals surface area contributed by atoms with Gasteiger partial charge >= 0.3 is 5.69 Å². The van der Waals surface area contributed by atoms with E-state index in [1.165, 1.54) is 4.98 Å². The molecule has 0 radical (unpaired) electrons. The van der Waals surface area contributed by atoms with Crippen LogP contribution in [0.25, 0.3) is 5.69 Å². The number of nitrogens with zero attached hydrogens (tertiary/aromatic N) is 2. The number of aromatic nitrogens is 2. The molecule has 1 aromatic carbocycles. The Morgan fingerprint density at radius 1 is 1.25 bits per heavy atom. The second-order valence-electron chi connectivity index (χ2n) is 3.66. The SMILES string of the molecule is O=c1[nH]c(=O)n(-c2cc(F)cc([N+](=O)[O-])c2)c(O)c1F. The molecule has 20 heavy (non-hydrogen) atoms. The van der Waals surface area contributed by atoms with Gasteiger partial charge in [-0.3, -0.25) is 19.9 Å². The zero-order valence-corrected chi connectivity index (χ0v) is 9.46. The van der Waals surface area contributed by atoms with Gasteiger partial charge in [0.05, 0.1) is 16.7 Å². The molecular formula is C10H5F2N3O5. The average Bonchev–Trinajstić information content (AvgIpc) is 2.35. The highest BCUT2D eigenvalue weighted by atomic mass is 19.1. The molecule has 0 saturated carbocycles. The van der Waals surface area contributed by atoms with Crippen molar-refractivity contribution in [2.24, 2.45) is 0 Å². The van der Waals surface area contributed by atoms with Crippen LogP contribution >= 0.6 is 0 Å². The van der Waals surface area contributed by atoms with E-state index in [2.05, 4.69) is 0 Å². The number of benzene rings is 1. The van der Waals surface area contributed by atoms with Gasteiger partial charge < -0.3 is 5.11 Å². The average molecular weight is 285 g/mol. The van der Waals surface area contributed by atoms with Crippen LogP contribution in [0.3, 0.4) is 0 Å². The molecule has 0 aliphatic rings. The highest BCUT2D eigenvalue weighted by Gasteiger charge is 2.18. The molecule has 0 aliphatic carbocycles. The fraction of sp³-hybridized carbons (Fsp3) is 0. The van der Waals surface area contributed by atoms with Crippen LogP contribution in [0.2, 0.25) is 0 Å². The summed E-state index contributed by atoms with van der Waals surface area (Å²) >= 11 is 0. The highest BCUT2D eigenvalue weighted by molar-refractivity contribution is 5.45. The highest BCUT2D eigenvalue weighted by Crippen LogP contribution is 2.21. The zero-order chi connectivity index (χ0) is 15.0. The second-order valence-corrected chi connectivity index (χ2v) is 3.66. The first-order valence-corrected chi connectivity index (χ1v) is 5.00. The maximum absolute atomic E-state index is 13.2. The number of hydrogen-bond donors (Lipinski definition) is 2. The Morgan fingerprint density at radius 3 is 2.50 bits per heavy atom. The first-order chi connectivity index (χ1) is 9.31. The summed E-state index contributed by atoms with van der Waals surface area (Å²) in [6.45, 7) is 0. The lowest BCUT2D eigenvalue weighted by Crippen LogP contribution is -2.31. The summed E-state index contributed by atoms with van der Waals surface area (Å²) < 4.78 is 26.7. The molecule has 0 bridgehead atoms. The molecule has 104 valence electrons. The minimum absolute atomic E-state index is 0.201. The lowest BCUT2D eigenvalue weighted by Gasteiger charge is -2.08. The third kappa shape index (κ3) is 2.13. The summed E-state index contributed by atoms with van der Waals surface area (Å²) in [5.74, 6) is -4.12. The van der Waals surface area contributed by atoms with E-state index in [1.54, 1.807) is 0 Å². The third-order valence-electron chi connectivity index (χ3n) is 2.37. The first-order valence-electron chi connectivity index (χ1n) is 5.00. The summed E-state index contributed by atoms with van der Waals surface area (Å²) in [7, 11) is 0. The normalized spacial score (nSPS) is 10.5. The summed E-state index contributed by atoms with van der Waals surface area (Å²) in [5, 5.41) is 20.0. The number of rotatable bonds is 2. The molecule has 0 spiro atoms. The van der Waals surface area contributed by atoms with Crippen molar-refractivity contribution in [3.8, 4) is 11.6 Å². The summed E-state index contributed by atoms with van der Waals surface area (Å²) in [6, 6.07) is 1.97. The lowest BCUT2D eigenvalue weighted by molar-refractivity contribution is -0.385. The Bertz CT molecular complexity index is 827. The molecule has 8 nitrogen and oxygen atoms in total. The van der Waals surface area contributed by atoms with Gasteiger partial charge in [-0.05, 0) is 6.07 Å². The van der Waals surface area contributed by atoms with Crippen LogP contribution in [0.5, 0.6) is 5.88 Å². The van der Waals surface area contributed by atoms with Crippen molar-refractivity contribution in [2.75, 3.05) is 0 Å². The van der Waals surface area contributed by atoms with Gasteiger partial charge in [0.1, 0.15) is 5.82 Å². The molecule has 0 aliphatic heterocycles. The van der Waals surface area contributed by atoms with Crippen LogP contribution in [0.1, 0.15) is 0 Å². The molecule has 0 fully saturated rings. The predicted octanol–water partition coefficient (Wildman–Crippen LogP) is 0.418. The summed E-state index contributed by atoms with van der Waals surface area (Å²) in [4.78, 5) is 33.6. The van der Waals surface area contributed by atoms with Gasteiger partial charge in [0, 0.05) is 6.07 Å². The molecule has 2 N–H and O–H groups in total. The van der Waals surface area contributed by atoms with Crippen LogP contribution in [0.4, 0.5) is 14.5 Å². The Morgan fingerprint density at radius 2 is 1.90 bits per heavy atom. The Hall–Kier alpha value is -3.04.